The summed E-state index contributed by atoms with van der Waals surface area (Å²) in [7, 11) is 0. The number of carbonyl (C=O) groups excluding carboxylic acids is 2. The first-order chi connectivity index (χ1) is 14.8. The highest BCUT2D eigenvalue weighted by atomic mass is 35.5. The molecule has 0 bridgehead atoms. The fourth-order valence-electron chi connectivity index (χ4n) is 1.82. The third-order valence-electron chi connectivity index (χ3n) is 3.01. The highest BCUT2D eigenvalue weighted by Gasteiger charge is 2.30. The van der Waals surface area contributed by atoms with E-state index in [1.165, 1.54) is 18.2 Å². The number of rotatable bonds is 7. The number of ether oxygens (including phenoxy) is 2. The zero-order chi connectivity index (χ0) is 23.9. The van der Waals surface area contributed by atoms with Gasteiger partial charge in [-0.1, -0.05) is 23.7 Å². The van der Waals surface area contributed by atoms with E-state index in [1.807, 2.05) is 10.0 Å². The number of amides is 3. The number of halogens is 7. The van der Waals surface area contributed by atoms with Crippen LogP contribution >= 0.6 is 23.5 Å². The van der Waals surface area contributed by atoms with Crippen LogP contribution in [-0.4, -0.2) is 47.5 Å². The van der Waals surface area contributed by atoms with Crippen LogP contribution in [0.25, 0.3) is 0 Å². The molecule has 0 radical (unpaired) electrons. The van der Waals surface area contributed by atoms with Gasteiger partial charge in [-0.2, -0.15) is 36.3 Å². The molecule has 0 unspecified atom stereocenters. The average Bonchev–Trinajstić information content (AvgIpc) is 2.68. The minimum absolute atomic E-state index is 0.0176. The third-order valence-corrected chi connectivity index (χ3v) is 3.99. The van der Waals surface area contributed by atoms with Gasteiger partial charge in [-0.05, 0) is 12.1 Å². The number of nitrogens with one attached hydrogen (secondary N) is 2. The molecule has 0 aliphatic carbocycles. The normalized spacial score (nSPS) is 11.6. The van der Waals surface area contributed by atoms with Crippen LogP contribution in [-0.2, 0) is 0 Å². The zero-order valence-corrected chi connectivity index (χ0v) is 17.0. The minimum Gasteiger partial charge on any atom is -0.468 e. The summed E-state index contributed by atoms with van der Waals surface area (Å²) in [4.78, 5) is 30.9. The number of hydrogen-bond donors (Lipinski definition) is 2. The Balaban J connectivity index is 2.06. The summed E-state index contributed by atoms with van der Waals surface area (Å²) >= 11 is 6.10. The second-order valence-electron chi connectivity index (χ2n) is 5.60. The van der Waals surface area contributed by atoms with Gasteiger partial charge < -0.3 is 9.47 Å². The summed E-state index contributed by atoms with van der Waals surface area (Å²) in [5, 5.41) is 1.46. The van der Waals surface area contributed by atoms with E-state index in [1.54, 1.807) is 6.07 Å². The number of hydrogen-bond acceptors (Lipinski definition) is 7. The summed E-state index contributed by atoms with van der Waals surface area (Å²) in [5.41, 5.74) is -0.0176. The molecule has 174 valence electrons. The molecule has 0 aliphatic rings. The summed E-state index contributed by atoms with van der Waals surface area (Å²) in [6, 6.07) is 5.32. The predicted octanol–water partition coefficient (Wildman–Crippen LogP) is 4.16. The molecule has 0 saturated carbocycles. The van der Waals surface area contributed by atoms with Crippen molar-refractivity contribution in [2.45, 2.75) is 17.5 Å². The number of aromatic nitrogens is 2. The van der Waals surface area contributed by atoms with E-state index < -0.39 is 54.4 Å². The first-order valence-electron chi connectivity index (χ1n) is 8.13. The van der Waals surface area contributed by atoms with Crippen molar-refractivity contribution in [1.82, 2.24) is 20.0 Å². The van der Waals surface area contributed by atoms with Gasteiger partial charge in [0, 0.05) is 11.9 Å². The summed E-state index contributed by atoms with van der Waals surface area (Å²) in [5.74, 6) is -2.39. The van der Waals surface area contributed by atoms with Crippen molar-refractivity contribution in [2.75, 3.05) is 13.2 Å². The van der Waals surface area contributed by atoms with Gasteiger partial charge in [-0.15, -0.1) is 0 Å². The smallest absolute Gasteiger partial charge is 0.422 e. The van der Waals surface area contributed by atoms with Gasteiger partial charge >= 0.3 is 18.4 Å². The van der Waals surface area contributed by atoms with E-state index in [0.29, 0.717) is 6.07 Å². The summed E-state index contributed by atoms with van der Waals surface area (Å²) in [6.07, 6.45) is -9.50. The first kappa shape index (κ1) is 25.3. The highest BCUT2D eigenvalue weighted by molar-refractivity contribution is 7.97. The molecule has 3 amide bonds. The molecule has 2 aromatic rings. The maximum Gasteiger partial charge on any atom is 0.422 e. The molecule has 0 atom stereocenters. The molecule has 2 rings (SSSR count). The quantitative estimate of drug-likeness (QED) is 0.331. The van der Waals surface area contributed by atoms with Crippen LogP contribution in [0.2, 0.25) is 5.02 Å². The Morgan fingerprint density at radius 1 is 0.969 bits per heavy atom. The van der Waals surface area contributed by atoms with Gasteiger partial charge in [0.2, 0.25) is 16.9 Å². The minimum atomic E-state index is -4.75. The maximum atomic E-state index is 12.3. The van der Waals surface area contributed by atoms with Crippen molar-refractivity contribution in [3.8, 4) is 11.8 Å². The predicted molar refractivity (Wildman–Crippen MR) is 98.4 cm³/mol. The van der Waals surface area contributed by atoms with Crippen molar-refractivity contribution < 1.29 is 45.4 Å². The molecule has 8 nitrogen and oxygen atoms in total. The number of nitrogens with zero attached hydrogens (tertiary/aromatic N) is 2. The molecule has 16 heteroatoms. The number of benzene rings is 1. The van der Waals surface area contributed by atoms with E-state index in [9.17, 15) is 35.9 Å². The molecule has 1 aromatic heterocycles. The van der Waals surface area contributed by atoms with Crippen LogP contribution in [0.3, 0.4) is 0 Å². The van der Waals surface area contributed by atoms with E-state index in [-0.39, 0.29) is 22.5 Å². The molecule has 1 aromatic carbocycles. The first-order valence-corrected chi connectivity index (χ1v) is 9.33. The lowest BCUT2D eigenvalue weighted by Gasteiger charge is -2.12. The maximum absolute atomic E-state index is 12.3. The van der Waals surface area contributed by atoms with Crippen LogP contribution < -0.4 is 19.5 Å². The molecule has 2 N–H and O–H groups in total. The summed E-state index contributed by atoms with van der Waals surface area (Å²) in [6.45, 7) is -3.57. The average molecular weight is 505 g/mol. The molecular formula is C16H11ClF6N4O4S. The summed E-state index contributed by atoms with van der Waals surface area (Å²) < 4.78 is 84.8. The molecule has 1 heterocycles. The molecule has 0 saturated heterocycles. The highest BCUT2D eigenvalue weighted by Crippen LogP contribution is 2.24. The van der Waals surface area contributed by atoms with Crippen LogP contribution in [0.5, 0.6) is 11.8 Å². The van der Waals surface area contributed by atoms with E-state index in [4.69, 9.17) is 11.6 Å². The molecule has 0 fully saturated rings. The topological polar surface area (TPSA) is 102 Å². The Kier molecular flexibility index (Phi) is 8.38. The number of carbonyl (C=O) groups is 2. The molecular weight excluding hydrogens is 494 g/mol. The second kappa shape index (κ2) is 10.6. The van der Waals surface area contributed by atoms with Gasteiger partial charge in [0.1, 0.15) is 0 Å². The van der Waals surface area contributed by atoms with E-state index >= 15 is 0 Å². The second-order valence-corrected chi connectivity index (χ2v) is 6.78. The van der Waals surface area contributed by atoms with Gasteiger partial charge in [-0.25, -0.2) is 4.79 Å². The van der Waals surface area contributed by atoms with Crippen LogP contribution in [0.4, 0.5) is 31.1 Å². The molecule has 0 spiro atoms. The van der Waals surface area contributed by atoms with Gasteiger partial charge in [0.25, 0.3) is 5.91 Å². The molecule has 0 aliphatic heterocycles. The van der Waals surface area contributed by atoms with E-state index in [2.05, 4.69) is 19.4 Å². The third kappa shape index (κ3) is 9.05. The Labute approximate surface area is 184 Å². The van der Waals surface area contributed by atoms with Gasteiger partial charge in [0.15, 0.2) is 13.2 Å². The van der Waals surface area contributed by atoms with Crippen LogP contribution in [0.1, 0.15) is 10.4 Å². The lowest BCUT2D eigenvalue weighted by Crippen LogP contribution is -2.36. The largest absolute Gasteiger partial charge is 0.468 e. The SMILES string of the molecule is O=C(NSc1nc(OCC(F)(F)F)cc(OCC(F)(F)F)n1)NC(=O)c1ccccc1Cl. The fourth-order valence-corrected chi connectivity index (χ4v) is 2.55. The zero-order valence-electron chi connectivity index (χ0n) is 15.4. The number of urea groups is 1. The fraction of sp³-hybridized carbons (Fsp3) is 0.250. The van der Waals surface area contributed by atoms with E-state index in [0.717, 1.165) is 0 Å². The number of alkyl halides is 6. The van der Waals surface area contributed by atoms with Crippen LogP contribution in [0, 0.1) is 0 Å². The van der Waals surface area contributed by atoms with Crippen molar-refractivity contribution in [1.29, 1.82) is 0 Å². The Hall–Kier alpha value is -2.94. The monoisotopic (exact) mass is 504 g/mol. The lowest BCUT2D eigenvalue weighted by molar-refractivity contribution is -0.154. The van der Waals surface area contributed by atoms with Crippen molar-refractivity contribution >= 4 is 35.5 Å². The van der Waals surface area contributed by atoms with Crippen LogP contribution in [0.15, 0.2) is 35.5 Å². The van der Waals surface area contributed by atoms with Gasteiger partial charge in [-0.3, -0.25) is 14.8 Å². The number of imide groups is 1. The Bertz CT molecular complexity index is 940. The van der Waals surface area contributed by atoms with Crippen molar-refractivity contribution in [2.24, 2.45) is 0 Å². The Morgan fingerprint density at radius 3 is 2.00 bits per heavy atom. The lowest BCUT2D eigenvalue weighted by atomic mass is 10.2. The van der Waals surface area contributed by atoms with Crippen molar-refractivity contribution in [3.05, 3.63) is 40.9 Å². The Morgan fingerprint density at radius 2 is 1.50 bits per heavy atom. The van der Waals surface area contributed by atoms with Crippen molar-refractivity contribution in [3.63, 3.8) is 0 Å². The molecule has 32 heavy (non-hydrogen) atoms. The van der Waals surface area contributed by atoms with Gasteiger partial charge in [0.05, 0.1) is 16.7 Å². The standard InChI is InChI=1S/C16H11ClF6N4O4S/c17-9-4-2-1-3-8(9)12(28)26-13(29)27-32-14-24-10(30-6-15(18,19)20)5-11(25-14)31-7-16(21,22)23/h1-5H,6-7H2,(H2,26,27,28,29).